The first kappa shape index (κ1) is 19.7. The van der Waals surface area contributed by atoms with Gasteiger partial charge in [0.1, 0.15) is 11.1 Å². The van der Waals surface area contributed by atoms with Crippen molar-refractivity contribution in [2.75, 3.05) is 6.54 Å². The lowest BCUT2D eigenvalue weighted by Gasteiger charge is -2.19. The summed E-state index contributed by atoms with van der Waals surface area (Å²) < 4.78 is 40.2. The van der Waals surface area contributed by atoms with Crippen molar-refractivity contribution in [3.8, 4) is 0 Å². The van der Waals surface area contributed by atoms with Crippen LogP contribution in [0.5, 0.6) is 0 Å². The number of nitrogens with zero attached hydrogens (tertiary/aromatic N) is 1. The summed E-state index contributed by atoms with van der Waals surface area (Å²) in [4.78, 5) is 16.5. The molecular formula is C21H19FN2O3S. The molecule has 0 bridgehead atoms. The fourth-order valence-corrected chi connectivity index (χ4v) is 4.44. The summed E-state index contributed by atoms with van der Waals surface area (Å²) in [5.74, 6) is -1.34. The Kier molecular flexibility index (Phi) is 5.84. The first-order chi connectivity index (χ1) is 13.4. The molecule has 1 N–H and O–H groups in total. The molecule has 1 heterocycles. The summed E-state index contributed by atoms with van der Waals surface area (Å²) in [6, 6.07) is 15.3. The lowest BCUT2D eigenvalue weighted by Crippen LogP contribution is -2.32. The van der Waals surface area contributed by atoms with Gasteiger partial charge in [-0.25, -0.2) is 12.8 Å². The molecule has 0 saturated carbocycles. The average Bonchev–Trinajstić information content (AvgIpc) is 2.69. The molecule has 0 fully saturated rings. The van der Waals surface area contributed by atoms with Gasteiger partial charge in [-0.15, -0.1) is 0 Å². The topological polar surface area (TPSA) is 76.1 Å². The van der Waals surface area contributed by atoms with Gasteiger partial charge in [0.05, 0.1) is 10.5 Å². The van der Waals surface area contributed by atoms with Gasteiger partial charge in [-0.2, -0.15) is 0 Å². The molecule has 7 heteroatoms. The standard InChI is InChI=1S/C21H19FN2O3S/c1-15-8-10-17(11-9-15)28(26,27)20(16-5-4-12-23-13-16)14-24-21(25)18-6-2-3-7-19(18)22/h2-13,20H,14H2,1H3,(H,24,25)/t20-/m0/s1. The quantitative estimate of drug-likeness (QED) is 0.690. The number of amides is 1. The minimum absolute atomic E-state index is 0.139. The second-order valence-electron chi connectivity index (χ2n) is 6.32. The van der Waals surface area contributed by atoms with Crippen molar-refractivity contribution in [1.82, 2.24) is 10.3 Å². The van der Waals surface area contributed by atoms with Crippen LogP contribution in [0.4, 0.5) is 4.39 Å². The van der Waals surface area contributed by atoms with E-state index in [0.717, 1.165) is 5.56 Å². The molecule has 1 atom stereocenters. The number of aryl methyl sites for hydroxylation is 1. The molecule has 3 rings (SSSR count). The predicted octanol–water partition coefficient (Wildman–Crippen LogP) is 3.47. The van der Waals surface area contributed by atoms with Gasteiger partial charge in [0.25, 0.3) is 5.91 Å². The molecule has 0 spiro atoms. The first-order valence-corrected chi connectivity index (χ1v) is 10.2. The average molecular weight is 398 g/mol. The Hall–Kier alpha value is -3.06. The first-order valence-electron chi connectivity index (χ1n) is 8.63. The smallest absolute Gasteiger partial charge is 0.254 e. The molecule has 28 heavy (non-hydrogen) atoms. The highest BCUT2D eigenvalue weighted by atomic mass is 32.2. The second-order valence-corrected chi connectivity index (χ2v) is 8.45. The van der Waals surface area contributed by atoms with E-state index in [4.69, 9.17) is 0 Å². The monoisotopic (exact) mass is 398 g/mol. The molecule has 144 valence electrons. The van der Waals surface area contributed by atoms with E-state index in [2.05, 4.69) is 10.3 Å². The Morgan fingerprint density at radius 1 is 1.07 bits per heavy atom. The zero-order chi connectivity index (χ0) is 20.1. The van der Waals surface area contributed by atoms with Crippen LogP contribution in [0.2, 0.25) is 0 Å². The number of pyridine rings is 1. The van der Waals surface area contributed by atoms with Crippen LogP contribution in [0.25, 0.3) is 0 Å². The number of benzene rings is 2. The number of nitrogens with one attached hydrogen (secondary N) is 1. The number of aromatic nitrogens is 1. The van der Waals surface area contributed by atoms with Gasteiger partial charge in [0.15, 0.2) is 9.84 Å². The third kappa shape index (κ3) is 4.26. The number of hydrogen-bond acceptors (Lipinski definition) is 4. The van der Waals surface area contributed by atoms with E-state index >= 15 is 0 Å². The molecule has 2 aromatic carbocycles. The minimum atomic E-state index is -3.81. The Morgan fingerprint density at radius 3 is 2.43 bits per heavy atom. The lowest BCUT2D eigenvalue weighted by molar-refractivity contribution is 0.0949. The van der Waals surface area contributed by atoms with Crippen molar-refractivity contribution < 1.29 is 17.6 Å². The van der Waals surface area contributed by atoms with Gasteiger partial charge < -0.3 is 5.32 Å². The van der Waals surface area contributed by atoms with Crippen LogP contribution in [0.15, 0.2) is 78.0 Å². The Labute approximate surface area is 163 Å². The maximum absolute atomic E-state index is 13.8. The summed E-state index contributed by atoms with van der Waals surface area (Å²) in [6.07, 6.45) is 2.99. The zero-order valence-electron chi connectivity index (χ0n) is 15.2. The van der Waals surface area contributed by atoms with Crippen LogP contribution in [-0.4, -0.2) is 25.9 Å². The molecule has 0 aliphatic heterocycles. The van der Waals surface area contributed by atoms with E-state index in [1.54, 1.807) is 30.3 Å². The number of rotatable bonds is 6. The largest absolute Gasteiger partial charge is 0.350 e. The zero-order valence-corrected chi connectivity index (χ0v) is 16.0. The summed E-state index contributed by atoms with van der Waals surface area (Å²) in [5.41, 5.74) is 1.24. The van der Waals surface area contributed by atoms with Gasteiger partial charge in [0.2, 0.25) is 0 Å². The van der Waals surface area contributed by atoms with E-state index in [9.17, 15) is 17.6 Å². The fraction of sp³-hybridized carbons (Fsp3) is 0.143. The van der Waals surface area contributed by atoms with Crippen molar-refractivity contribution in [3.63, 3.8) is 0 Å². The Bertz CT molecular complexity index is 1070. The van der Waals surface area contributed by atoms with E-state index in [-0.39, 0.29) is 17.0 Å². The highest BCUT2D eigenvalue weighted by Crippen LogP contribution is 2.28. The highest BCUT2D eigenvalue weighted by Gasteiger charge is 2.30. The molecule has 0 aliphatic carbocycles. The SMILES string of the molecule is Cc1ccc(S(=O)(=O)[C@@H](CNC(=O)c2ccccc2F)c2cccnc2)cc1. The summed E-state index contributed by atoms with van der Waals surface area (Å²) in [6.45, 7) is 1.65. The van der Waals surface area contributed by atoms with Gasteiger partial charge in [-0.05, 0) is 42.8 Å². The van der Waals surface area contributed by atoms with Gasteiger partial charge in [-0.1, -0.05) is 35.9 Å². The normalized spacial score (nSPS) is 12.4. The van der Waals surface area contributed by atoms with Crippen molar-refractivity contribution in [3.05, 3.63) is 95.6 Å². The molecule has 1 aromatic heterocycles. The van der Waals surface area contributed by atoms with Gasteiger partial charge in [0, 0.05) is 18.9 Å². The summed E-state index contributed by atoms with van der Waals surface area (Å²) in [7, 11) is -3.81. The lowest BCUT2D eigenvalue weighted by atomic mass is 10.2. The summed E-state index contributed by atoms with van der Waals surface area (Å²) >= 11 is 0. The van der Waals surface area contributed by atoms with Crippen LogP contribution in [0.1, 0.15) is 26.7 Å². The Morgan fingerprint density at radius 2 is 1.79 bits per heavy atom. The molecule has 0 aliphatic rings. The number of hydrogen-bond donors (Lipinski definition) is 1. The fourth-order valence-electron chi connectivity index (χ4n) is 2.79. The maximum Gasteiger partial charge on any atom is 0.254 e. The van der Waals surface area contributed by atoms with Crippen molar-refractivity contribution >= 4 is 15.7 Å². The Balaban J connectivity index is 1.91. The minimum Gasteiger partial charge on any atom is -0.350 e. The van der Waals surface area contributed by atoms with E-state index in [1.807, 2.05) is 6.92 Å². The van der Waals surface area contributed by atoms with Gasteiger partial charge in [-0.3, -0.25) is 9.78 Å². The number of carbonyl (C=O) groups is 1. The molecule has 3 aromatic rings. The van der Waals surface area contributed by atoms with Crippen LogP contribution in [-0.2, 0) is 9.84 Å². The molecule has 0 unspecified atom stereocenters. The molecule has 1 amide bonds. The third-order valence-corrected chi connectivity index (χ3v) is 6.46. The number of halogens is 1. The van der Waals surface area contributed by atoms with Crippen molar-refractivity contribution in [2.45, 2.75) is 17.1 Å². The van der Waals surface area contributed by atoms with Gasteiger partial charge >= 0.3 is 0 Å². The maximum atomic E-state index is 13.8. The van der Waals surface area contributed by atoms with Crippen LogP contribution < -0.4 is 5.32 Å². The van der Waals surface area contributed by atoms with Crippen molar-refractivity contribution in [2.24, 2.45) is 0 Å². The predicted molar refractivity (Wildman–Crippen MR) is 104 cm³/mol. The van der Waals surface area contributed by atoms with Crippen molar-refractivity contribution in [1.29, 1.82) is 0 Å². The van der Waals surface area contributed by atoms with Crippen LogP contribution >= 0.6 is 0 Å². The summed E-state index contributed by atoms with van der Waals surface area (Å²) in [5, 5.41) is 1.48. The molecule has 0 saturated heterocycles. The molecule has 0 radical (unpaired) electrons. The van der Waals surface area contributed by atoms with E-state index in [1.165, 1.54) is 42.7 Å². The van der Waals surface area contributed by atoms with Crippen LogP contribution in [0.3, 0.4) is 0 Å². The number of carbonyl (C=O) groups excluding carboxylic acids is 1. The highest BCUT2D eigenvalue weighted by molar-refractivity contribution is 7.91. The van der Waals surface area contributed by atoms with E-state index in [0.29, 0.717) is 5.56 Å². The molecular weight excluding hydrogens is 379 g/mol. The molecule has 5 nitrogen and oxygen atoms in total. The van der Waals surface area contributed by atoms with E-state index < -0.39 is 26.8 Å². The third-order valence-electron chi connectivity index (χ3n) is 4.35. The van der Waals surface area contributed by atoms with Crippen LogP contribution in [0, 0.1) is 12.7 Å². The second kappa shape index (κ2) is 8.31. The number of sulfone groups is 1.